The van der Waals surface area contributed by atoms with Gasteiger partial charge >= 0.3 is 5.97 Å². The zero-order valence-electron chi connectivity index (χ0n) is 13.9. The first-order valence-electron chi connectivity index (χ1n) is 8.04. The number of fused-ring (bicyclic) bond motifs is 3. The minimum Gasteiger partial charge on any atom is -0.461 e. The number of esters is 1. The van der Waals surface area contributed by atoms with Gasteiger partial charge in [-0.2, -0.15) is 5.26 Å². The van der Waals surface area contributed by atoms with Crippen LogP contribution in [0.3, 0.4) is 0 Å². The molecule has 3 heterocycles. The van der Waals surface area contributed by atoms with E-state index in [1.54, 1.807) is 30.5 Å². The number of aromatic nitrogens is 2. The van der Waals surface area contributed by atoms with Crippen LogP contribution < -0.4 is 5.32 Å². The molecule has 0 bridgehead atoms. The average molecular weight is 362 g/mol. The molecule has 1 N–H and O–H groups in total. The van der Waals surface area contributed by atoms with Gasteiger partial charge in [0, 0.05) is 11.6 Å². The molecular weight excluding hydrogens is 348 g/mol. The summed E-state index contributed by atoms with van der Waals surface area (Å²) < 4.78 is 6.87. The topological polar surface area (TPSA) is 79.4 Å². The number of benzene rings is 1. The normalized spacial score (nSPS) is 10.8. The maximum atomic E-state index is 12.0. The third kappa shape index (κ3) is 2.66. The zero-order valence-corrected chi connectivity index (χ0v) is 14.7. The molecule has 7 heteroatoms. The van der Waals surface area contributed by atoms with Crippen molar-refractivity contribution in [3.63, 3.8) is 0 Å². The number of pyridine rings is 1. The molecule has 0 aliphatic heterocycles. The molecule has 128 valence electrons. The number of hydrogen-bond donors (Lipinski definition) is 1. The first-order valence-corrected chi connectivity index (χ1v) is 8.92. The molecule has 0 spiro atoms. The van der Waals surface area contributed by atoms with E-state index < -0.39 is 5.97 Å². The Kier molecular flexibility index (Phi) is 4.03. The van der Waals surface area contributed by atoms with E-state index in [4.69, 9.17) is 4.74 Å². The molecule has 0 unspecified atom stereocenters. The lowest BCUT2D eigenvalue weighted by atomic mass is 10.1. The highest BCUT2D eigenvalue weighted by Gasteiger charge is 2.15. The summed E-state index contributed by atoms with van der Waals surface area (Å²) in [4.78, 5) is 16.3. The van der Waals surface area contributed by atoms with Crippen LogP contribution in [0.5, 0.6) is 0 Å². The molecule has 0 atom stereocenters. The SMILES string of the molecule is CCOC(=O)c1cn2c(ccc3c(Nc4cccs4)c(C#N)ccc32)n1. The van der Waals surface area contributed by atoms with Crippen LogP contribution in [0.25, 0.3) is 16.6 Å². The van der Waals surface area contributed by atoms with Gasteiger partial charge in [-0.3, -0.25) is 4.40 Å². The number of anilines is 2. The molecule has 3 aromatic heterocycles. The Labute approximate surface area is 153 Å². The van der Waals surface area contributed by atoms with Gasteiger partial charge in [0.25, 0.3) is 0 Å². The molecule has 0 saturated heterocycles. The van der Waals surface area contributed by atoms with Gasteiger partial charge in [0.15, 0.2) is 5.69 Å². The van der Waals surface area contributed by atoms with Crippen molar-refractivity contribution < 1.29 is 9.53 Å². The molecule has 0 aliphatic carbocycles. The quantitative estimate of drug-likeness (QED) is 0.546. The zero-order chi connectivity index (χ0) is 18.1. The molecule has 0 amide bonds. The van der Waals surface area contributed by atoms with Crippen molar-refractivity contribution in [3.05, 3.63) is 59.2 Å². The molecular formula is C19H14N4O2S. The summed E-state index contributed by atoms with van der Waals surface area (Å²) in [6.07, 6.45) is 1.66. The highest BCUT2D eigenvalue weighted by atomic mass is 32.1. The summed E-state index contributed by atoms with van der Waals surface area (Å²) in [5, 5.41) is 16.6. The molecule has 4 aromatic rings. The second-order valence-corrected chi connectivity index (χ2v) is 6.49. The van der Waals surface area contributed by atoms with Crippen molar-refractivity contribution in [3.8, 4) is 6.07 Å². The van der Waals surface area contributed by atoms with Crippen LogP contribution in [0.2, 0.25) is 0 Å². The number of nitrogens with one attached hydrogen (secondary N) is 1. The van der Waals surface area contributed by atoms with E-state index in [-0.39, 0.29) is 5.69 Å². The van der Waals surface area contributed by atoms with Crippen LogP contribution in [0, 0.1) is 11.3 Å². The van der Waals surface area contributed by atoms with Gasteiger partial charge in [0.2, 0.25) is 0 Å². The standard InChI is InChI=1S/C19H14N4O2S/c1-2-25-19(24)14-11-23-15-7-5-12(10-20)18(22-17-4-3-9-26-17)13(15)6-8-16(23)21-14/h3-9,11,22H,2H2,1H3. The number of nitrogens with zero attached hydrogens (tertiary/aromatic N) is 3. The van der Waals surface area contributed by atoms with E-state index in [1.807, 2.05) is 40.1 Å². The average Bonchev–Trinajstić information content (AvgIpc) is 3.31. The molecule has 4 rings (SSSR count). The number of carbonyl (C=O) groups excluding carboxylic acids is 1. The maximum absolute atomic E-state index is 12.0. The van der Waals surface area contributed by atoms with Crippen LogP contribution in [0.1, 0.15) is 23.0 Å². The predicted molar refractivity (Wildman–Crippen MR) is 101 cm³/mol. The lowest BCUT2D eigenvalue weighted by Crippen LogP contribution is -2.04. The van der Waals surface area contributed by atoms with Crippen LogP contribution in [-0.2, 0) is 4.74 Å². The van der Waals surface area contributed by atoms with E-state index in [1.165, 1.54) is 0 Å². The largest absolute Gasteiger partial charge is 0.461 e. The number of thiophene rings is 1. The van der Waals surface area contributed by atoms with Gasteiger partial charge in [-0.25, -0.2) is 9.78 Å². The summed E-state index contributed by atoms with van der Waals surface area (Å²) in [6.45, 7) is 2.06. The fourth-order valence-corrected chi connectivity index (χ4v) is 3.48. The summed E-state index contributed by atoms with van der Waals surface area (Å²) in [5.41, 5.74) is 3.05. The van der Waals surface area contributed by atoms with E-state index in [9.17, 15) is 10.1 Å². The van der Waals surface area contributed by atoms with Gasteiger partial charge in [-0.1, -0.05) is 0 Å². The summed E-state index contributed by atoms with van der Waals surface area (Å²) in [6, 6.07) is 13.5. The number of carbonyl (C=O) groups is 1. The van der Waals surface area contributed by atoms with Crippen molar-refractivity contribution in [2.75, 3.05) is 11.9 Å². The van der Waals surface area contributed by atoms with Crippen molar-refractivity contribution in [1.29, 1.82) is 5.26 Å². The van der Waals surface area contributed by atoms with Crippen molar-refractivity contribution >= 4 is 44.5 Å². The Morgan fingerprint density at radius 2 is 2.23 bits per heavy atom. The third-order valence-corrected chi connectivity index (χ3v) is 4.77. The summed E-state index contributed by atoms with van der Waals surface area (Å²) in [7, 11) is 0. The molecule has 1 aromatic carbocycles. The third-order valence-electron chi connectivity index (χ3n) is 3.99. The number of rotatable bonds is 4. The van der Waals surface area contributed by atoms with Gasteiger partial charge in [-0.15, -0.1) is 11.3 Å². The highest BCUT2D eigenvalue weighted by molar-refractivity contribution is 7.14. The Balaban J connectivity index is 1.92. The number of hydrogen-bond acceptors (Lipinski definition) is 6. The molecule has 0 saturated carbocycles. The monoisotopic (exact) mass is 362 g/mol. The Morgan fingerprint density at radius 1 is 1.35 bits per heavy atom. The second kappa shape index (κ2) is 6.50. The fourth-order valence-electron chi connectivity index (χ4n) is 2.85. The van der Waals surface area contributed by atoms with Crippen LogP contribution in [-0.4, -0.2) is 22.0 Å². The molecule has 0 aliphatic rings. The minimum absolute atomic E-state index is 0.261. The molecule has 26 heavy (non-hydrogen) atoms. The van der Waals surface area contributed by atoms with Gasteiger partial charge in [0.1, 0.15) is 11.7 Å². The molecule has 0 fully saturated rings. The summed E-state index contributed by atoms with van der Waals surface area (Å²) >= 11 is 1.56. The van der Waals surface area contributed by atoms with Crippen LogP contribution in [0.4, 0.5) is 10.7 Å². The molecule has 0 radical (unpaired) electrons. The van der Waals surface area contributed by atoms with Crippen molar-refractivity contribution in [1.82, 2.24) is 9.38 Å². The van der Waals surface area contributed by atoms with Gasteiger partial charge in [-0.05, 0) is 48.7 Å². The van der Waals surface area contributed by atoms with Crippen LogP contribution in [0.15, 0.2) is 48.0 Å². The Morgan fingerprint density at radius 3 is 2.96 bits per heavy atom. The lowest BCUT2D eigenvalue weighted by Gasteiger charge is -2.11. The lowest BCUT2D eigenvalue weighted by molar-refractivity contribution is 0.0520. The second-order valence-electron chi connectivity index (χ2n) is 5.54. The molecule has 6 nitrogen and oxygen atoms in total. The van der Waals surface area contributed by atoms with E-state index in [2.05, 4.69) is 16.4 Å². The first-order chi connectivity index (χ1) is 12.7. The van der Waals surface area contributed by atoms with Gasteiger partial charge in [0.05, 0.1) is 28.4 Å². The van der Waals surface area contributed by atoms with Crippen molar-refractivity contribution in [2.24, 2.45) is 0 Å². The van der Waals surface area contributed by atoms with E-state index in [0.717, 1.165) is 21.6 Å². The highest BCUT2D eigenvalue weighted by Crippen LogP contribution is 2.32. The number of ether oxygens (including phenoxy) is 1. The maximum Gasteiger partial charge on any atom is 0.358 e. The first kappa shape index (κ1) is 16.1. The summed E-state index contributed by atoms with van der Waals surface area (Å²) in [5.74, 6) is -0.449. The number of nitriles is 1. The van der Waals surface area contributed by atoms with Gasteiger partial charge < -0.3 is 10.1 Å². The number of imidazole rings is 1. The minimum atomic E-state index is -0.449. The van der Waals surface area contributed by atoms with E-state index in [0.29, 0.717) is 17.8 Å². The van der Waals surface area contributed by atoms with Crippen molar-refractivity contribution in [2.45, 2.75) is 6.92 Å². The predicted octanol–water partition coefficient (Wildman–Crippen LogP) is 4.34. The Hall–Kier alpha value is -3.37. The Bertz CT molecular complexity index is 1160. The van der Waals surface area contributed by atoms with Crippen LogP contribution >= 0.6 is 11.3 Å². The van der Waals surface area contributed by atoms with E-state index >= 15 is 0 Å². The fraction of sp³-hybridized carbons (Fsp3) is 0.105. The smallest absolute Gasteiger partial charge is 0.358 e.